The van der Waals surface area contributed by atoms with E-state index in [1.807, 2.05) is 13.0 Å². The minimum Gasteiger partial charge on any atom is -0.388 e. The van der Waals surface area contributed by atoms with Gasteiger partial charge in [0.25, 0.3) is 0 Å². The average molecular weight is 249 g/mol. The van der Waals surface area contributed by atoms with Crippen molar-refractivity contribution in [2.45, 2.75) is 38.8 Å². The first kappa shape index (κ1) is 13.0. The van der Waals surface area contributed by atoms with E-state index in [0.29, 0.717) is 12.5 Å². The van der Waals surface area contributed by atoms with Crippen LogP contribution in [0.4, 0.5) is 4.39 Å². The quantitative estimate of drug-likeness (QED) is 0.601. The van der Waals surface area contributed by atoms with Gasteiger partial charge in [-0.1, -0.05) is 6.07 Å². The van der Waals surface area contributed by atoms with Gasteiger partial charge in [0, 0.05) is 25.6 Å². The number of halogens is 1. The van der Waals surface area contributed by atoms with Crippen LogP contribution in [-0.2, 0) is 6.54 Å². The molecule has 1 aliphatic carbocycles. The molecule has 0 aromatic heterocycles. The standard InChI is InChI=1S/C14H20FN3/c1-10-2-3-12(15)8-11(10)9-18(13-4-5-13)7-6-14(16)17/h2-3,8,13H,4-7,9H2,1H3,(H3,16,17). The normalized spacial score (nSPS) is 15.1. The Morgan fingerprint density at radius 2 is 2.22 bits per heavy atom. The van der Waals surface area contributed by atoms with Crippen LogP contribution in [0.5, 0.6) is 0 Å². The maximum Gasteiger partial charge on any atom is 0.123 e. The molecular formula is C14H20FN3. The van der Waals surface area contributed by atoms with E-state index in [1.54, 1.807) is 6.07 Å². The van der Waals surface area contributed by atoms with Crippen LogP contribution in [0.25, 0.3) is 0 Å². The lowest BCUT2D eigenvalue weighted by Crippen LogP contribution is -2.29. The summed E-state index contributed by atoms with van der Waals surface area (Å²) in [5, 5.41) is 7.30. The second-order valence-corrected chi connectivity index (χ2v) is 5.05. The number of hydrogen-bond acceptors (Lipinski definition) is 2. The van der Waals surface area contributed by atoms with Crippen LogP contribution < -0.4 is 5.73 Å². The van der Waals surface area contributed by atoms with Crippen LogP contribution in [0.3, 0.4) is 0 Å². The predicted molar refractivity (Wildman–Crippen MR) is 71.1 cm³/mol. The summed E-state index contributed by atoms with van der Waals surface area (Å²) in [6, 6.07) is 5.52. The van der Waals surface area contributed by atoms with E-state index in [1.165, 1.54) is 18.9 Å². The molecule has 1 aliphatic rings. The molecule has 3 N–H and O–H groups in total. The second kappa shape index (κ2) is 5.48. The van der Waals surface area contributed by atoms with Gasteiger partial charge in [-0.15, -0.1) is 0 Å². The van der Waals surface area contributed by atoms with Gasteiger partial charge in [-0.25, -0.2) is 4.39 Å². The third-order valence-electron chi connectivity index (χ3n) is 3.42. The van der Waals surface area contributed by atoms with Crippen LogP contribution >= 0.6 is 0 Å². The zero-order chi connectivity index (χ0) is 13.1. The third-order valence-corrected chi connectivity index (χ3v) is 3.42. The maximum absolute atomic E-state index is 13.3. The summed E-state index contributed by atoms with van der Waals surface area (Å²) in [5.74, 6) is 0.0366. The molecule has 0 bridgehead atoms. The monoisotopic (exact) mass is 249 g/mol. The number of amidine groups is 1. The summed E-state index contributed by atoms with van der Waals surface area (Å²) in [4.78, 5) is 2.31. The summed E-state index contributed by atoms with van der Waals surface area (Å²) < 4.78 is 13.3. The van der Waals surface area contributed by atoms with Crippen molar-refractivity contribution in [2.75, 3.05) is 6.54 Å². The molecule has 4 heteroatoms. The Bertz CT molecular complexity index is 441. The molecule has 0 amide bonds. The van der Waals surface area contributed by atoms with Gasteiger partial charge in [-0.05, 0) is 43.0 Å². The van der Waals surface area contributed by atoms with E-state index in [2.05, 4.69) is 4.90 Å². The highest BCUT2D eigenvalue weighted by Gasteiger charge is 2.28. The van der Waals surface area contributed by atoms with Crippen molar-refractivity contribution in [3.63, 3.8) is 0 Å². The van der Waals surface area contributed by atoms with Crippen LogP contribution in [0.1, 0.15) is 30.4 Å². The Labute approximate surface area is 107 Å². The molecule has 1 saturated carbocycles. The highest BCUT2D eigenvalue weighted by Crippen LogP contribution is 2.29. The largest absolute Gasteiger partial charge is 0.388 e. The van der Waals surface area contributed by atoms with E-state index >= 15 is 0 Å². The van der Waals surface area contributed by atoms with Gasteiger partial charge in [0.2, 0.25) is 0 Å². The van der Waals surface area contributed by atoms with Gasteiger partial charge in [-0.2, -0.15) is 0 Å². The molecule has 1 aromatic carbocycles. The van der Waals surface area contributed by atoms with Gasteiger partial charge in [0.1, 0.15) is 5.82 Å². The second-order valence-electron chi connectivity index (χ2n) is 5.05. The number of benzene rings is 1. The van der Waals surface area contributed by atoms with Gasteiger partial charge in [0.05, 0.1) is 5.84 Å². The molecule has 0 heterocycles. The van der Waals surface area contributed by atoms with Gasteiger partial charge in [0.15, 0.2) is 0 Å². The van der Waals surface area contributed by atoms with Crippen molar-refractivity contribution in [3.05, 3.63) is 35.1 Å². The molecule has 98 valence electrons. The topological polar surface area (TPSA) is 53.1 Å². The van der Waals surface area contributed by atoms with Crippen molar-refractivity contribution in [3.8, 4) is 0 Å². The van der Waals surface area contributed by atoms with E-state index in [-0.39, 0.29) is 11.7 Å². The third kappa shape index (κ3) is 3.53. The molecule has 0 saturated heterocycles. The molecule has 0 radical (unpaired) electrons. The van der Waals surface area contributed by atoms with Crippen LogP contribution in [-0.4, -0.2) is 23.3 Å². The Balaban J connectivity index is 2.03. The number of hydrogen-bond donors (Lipinski definition) is 2. The van der Waals surface area contributed by atoms with Crippen molar-refractivity contribution in [1.29, 1.82) is 5.41 Å². The molecule has 3 nitrogen and oxygen atoms in total. The maximum atomic E-state index is 13.3. The van der Waals surface area contributed by atoms with Gasteiger partial charge < -0.3 is 5.73 Å². The number of nitrogens with one attached hydrogen (secondary N) is 1. The minimum atomic E-state index is -0.182. The fourth-order valence-electron chi connectivity index (χ4n) is 2.12. The zero-order valence-electron chi connectivity index (χ0n) is 10.7. The molecule has 18 heavy (non-hydrogen) atoms. The molecule has 1 fully saturated rings. The zero-order valence-corrected chi connectivity index (χ0v) is 10.7. The van der Waals surface area contributed by atoms with E-state index in [4.69, 9.17) is 11.1 Å². The molecule has 0 spiro atoms. The average Bonchev–Trinajstić information content (AvgIpc) is 3.12. The SMILES string of the molecule is Cc1ccc(F)cc1CN(CCC(=N)N)C1CC1. The smallest absolute Gasteiger partial charge is 0.123 e. The van der Waals surface area contributed by atoms with Crippen molar-refractivity contribution < 1.29 is 4.39 Å². The van der Waals surface area contributed by atoms with Gasteiger partial charge >= 0.3 is 0 Å². The summed E-state index contributed by atoms with van der Waals surface area (Å²) in [6.07, 6.45) is 2.99. The molecule has 2 rings (SSSR count). The fourth-order valence-corrected chi connectivity index (χ4v) is 2.12. The Morgan fingerprint density at radius 1 is 1.50 bits per heavy atom. The number of aryl methyl sites for hydroxylation is 1. The predicted octanol–water partition coefficient (Wildman–Crippen LogP) is 2.42. The first-order valence-corrected chi connectivity index (χ1v) is 6.38. The Kier molecular flexibility index (Phi) is 3.97. The molecule has 0 aliphatic heterocycles. The van der Waals surface area contributed by atoms with E-state index in [0.717, 1.165) is 24.2 Å². The first-order chi connectivity index (χ1) is 8.56. The summed E-state index contributed by atoms with van der Waals surface area (Å²) >= 11 is 0. The van der Waals surface area contributed by atoms with Crippen molar-refractivity contribution in [1.82, 2.24) is 4.90 Å². The summed E-state index contributed by atoms with van der Waals surface area (Å²) in [7, 11) is 0. The minimum absolute atomic E-state index is 0.182. The Hall–Kier alpha value is -1.42. The lowest BCUT2D eigenvalue weighted by atomic mass is 10.1. The number of nitrogens with zero attached hydrogens (tertiary/aromatic N) is 1. The highest BCUT2D eigenvalue weighted by atomic mass is 19.1. The number of rotatable bonds is 6. The molecule has 1 aromatic rings. The number of nitrogens with two attached hydrogens (primary N) is 1. The van der Waals surface area contributed by atoms with E-state index < -0.39 is 0 Å². The van der Waals surface area contributed by atoms with Crippen molar-refractivity contribution >= 4 is 5.84 Å². The fraction of sp³-hybridized carbons (Fsp3) is 0.500. The lowest BCUT2D eigenvalue weighted by Gasteiger charge is -2.22. The molecule has 0 unspecified atom stereocenters. The van der Waals surface area contributed by atoms with Gasteiger partial charge in [-0.3, -0.25) is 10.3 Å². The van der Waals surface area contributed by atoms with Crippen LogP contribution in [0.2, 0.25) is 0 Å². The summed E-state index contributed by atoms with van der Waals surface area (Å²) in [5.41, 5.74) is 7.55. The van der Waals surface area contributed by atoms with Crippen molar-refractivity contribution in [2.24, 2.45) is 5.73 Å². The first-order valence-electron chi connectivity index (χ1n) is 6.38. The summed E-state index contributed by atoms with van der Waals surface area (Å²) in [6.45, 7) is 3.54. The lowest BCUT2D eigenvalue weighted by molar-refractivity contribution is 0.261. The molecular weight excluding hydrogens is 229 g/mol. The van der Waals surface area contributed by atoms with Crippen LogP contribution in [0, 0.1) is 18.2 Å². The Morgan fingerprint density at radius 3 is 2.83 bits per heavy atom. The highest BCUT2D eigenvalue weighted by molar-refractivity contribution is 5.76. The van der Waals surface area contributed by atoms with E-state index in [9.17, 15) is 4.39 Å². The van der Waals surface area contributed by atoms with Crippen LogP contribution in [0.15, 0.2) is 18.2 Å². The molecule has 0 atom stereocenters.